The van der Waals surface area contributed by atoms with Gasteiger partial charge in [-0.15, -0.1) is 0 Å². The summed E-state index contributed by atoms with van der Waals surface area (Å²) in [5, 5.41) is 14.0. The monoisotopic (exact) mass is 298 g/mol. The molecule has 1 N–H and O–H groups in total. The molecule has 7 heteroatoms. The van der Waals surface area contributed by atoms with Gasteiger partial charge in [-0.3, -0.25) is 10.1 Å². The van der Waals surface area contributed by atoms with Crippen molar-refractivity contribution in [3.63, 3.8) is 0 Å². The Morgan fingerprint density at radius 3 is 2.90 bits per heavy atom. The van der Waals surface area contributed by atoms with Gasteiger partial charge in [0, 0.05) is 25.1 Å². The molecule has 0 aromatic heterocycles. The Morgan fingerprint density at radius 1 is 1.52 bits per heavy atom. The Morgan fingerprint density at radius 2 is 2.29 bits per heavy atom. The molecular weight excluding hydrogens is 279 g/mol. The van der Waals surface area contributed by atoms with E-state index >= 15 is 0 Å². The summed E-state index contributed by atoms with van der Waals surface area (Å²) in [6.45, 7) is 2.56. The topological polar surface area (TPSA) is 73.6 Å². The number of rotatable bonds is 7. The van der Waals surface area contributed by atoms with Gasteiger partial charge < -0.3 is 14.8 Å². The highest BCUT2D eigenvalue weighted by atomic mass is 19.1. The van der Waals surface area contributed by atoms with Gasteiger partial charge in [0.2, 0.25) is 5.75 Å². The van der Waals surface area contributed by atoms with Crippen LogP contribution in [0.2, 0.25) is 0 Å². The van der Waals surface area contributed by atoms with Crippen LogP contribution in [0.5, 0.6) is 5.75 Å². The lowest BCUT2D eigenvalue weighted by atomic mass is 9.85. The number of nitrogens with one attached hydrogen (secondary N) is 1. The molecule has 0 bridgehead atoms. The Hall–Kier alpha value is -1.73. The molecular formula is C14H19FN2O4. The lowest BCUT2D eigenvalue weighted by Crippen LogP contribution is -2.60. The maximum Gasteiger partial charge on any atom is 0.314 e. The Balaban J connectivity index is 2.13. The summed E-state index contributed by atoms with van der Waals surface area (Å²) in [6, 6.07) is 3.79. The Kier molecular flexibility index (Phi) is 5.08. The predicted molar refractivity (Wildman–Crippen MR) is 75.0 cm³/mol. The molecule has 1 saturated carbocycles. The number of nitro groups is 1. The summed E-state index contributed by atoms with van der Waals surface area (Å²) >= 11 is 0. The summed E-state index contributed by atoms with van der Waals surface area (Å²) in [4.78, 5) is 10.3. The summed E-state index contributed by atoms with van der Waals surface area (Å²) < 4.78 is 25.0. The van der Waals surface area contributed by atoms with Gasteiger partial charge in [0.15, 0.2) is 5.82 Å². The van der Waals surface area contributed by atoms with Crippen molar-refractivity contribution in [2.75, 3.05) is 13.7 Å². The zero-order chi connectivity index (χ0) is 15.4. The van der Waals surface area contributed by atoms with Crippen molar-refractivity contribution in [1.82, 2.24) is 5.32 Å². The van der Waals surface area contributed by atoms with Crippen LogP contribution in [-0.2, 0) is 4.74 Å². The largest absolute Gasteiger partial charge is 0.479 e. The second-order valence-electron chi connectivity index (χ2n) is 4.97. The lowest BCUT2D eigenvalue weighted by molar-refractivity contribution is -0.386. The number of halogens is 1. The quantitative estimate of drug-likeness (QED) is 0.617. The molecule has 0 saturated heterocycles. The van der Waals surface area contributed by atoms with Crippen LogP contribution in [0.4, 0.5) is 10.1 Å². The number of likely N-dealkylation sites (N-methyl/N-ethyl adjacent to an activating group) is 1. The smallest absolute Gasteiger partial charge is 0.314 e. The first-order valence-corrected chi connectivity index (χ1v) is 6.96. The third-order valence-corrected chi connectivity index (χ3v) is 3.55. The molecule has 0 amide bonds. The van der Waals surface area contributed by atoms with E-state index < -0.39 is 10.7 Å². The number of ether oxygens (including phenoxy) is 2. The average molecular weight is 298 g/mol. The van der Waals surface area contributed by atoms with Crippen molar-refractivity contribution in [3.05, 3.63) is 34.1 Å². The standard InChI is InChI=1S/C14H19FN2O4/c1-3-7-20-14-10(16-2)8-12(14)21-13-9(15)5-4-6-11(13)17(18)19/h4-6,10,12,14,16H,3,7-8H2,1-2H3. The highest BCUT2D eigenvalue weighted by molar-refractivity contribution is 5.47. The second-order valence-corrected chi connectivity index (χ2v) is 4.97. The van der Waals surface area contributed by atoms with Crippen LogP contribution in [0, 0.1) is 15.9 Å². The Bertz CT molecular complexity index is 512. The number of hydrogen-bond donors (Lipinski definition) is 1. The van der Waals surface area contributed by atoms with Crippen LogP contribution in [0.1, 0.15) is 19.8 Å². The SMILES string of the molecule is CCCOC1C(NC)CC1Oc1c(F)cccc1[N+](=O)[O-]. The van der Waals surface area contributed by atoms with Gasteiger partial charge in [-0.2, -0.15) is 0 Å². The molecule has 3 atom stereocenters. The van der Waals surface area contributed by atoms with Gasteiger partial charge in [-0.1, -0.05) is 13.0 Å². The van der Waals surface area contributed by atoms with Crippen LogP contribution < -0.4 is 10.1 Å². The molecule has 21 heavy (non-hydrogen) atoms. The first kappa shape index (κ1) is 15.7. The van der Waals surface area contributed by atoms with E-state index in [0.29, 0.717) is 13.0 Å². The Labute approximate surface area is 122 Å². The number of para-hydroxylation sites is 1. The molecule has 2 rings (SSSR count). The van der Waals surface area contributed by atoms with Crippen molar-refractivity contribution < 1.29 is 18.8 Å². The third kappa shape index (κ3) is 3.30. The number of nitrogens with zero attached hydrogens (tertiary/aromatic N) is 1. The lowest BCUT2D eigenvalue weighted by Gasteiger charge is -2.43. The molecule has 0 spiro atoms. The van der Waals surface area contributed by atoms with E-state index in [4.69, 9.17) is 9.47 Å². The normalized spacial score (nSPS) is 24.4. The first-order chi connectivity index (χ1) is 10.1. The van der Waals surface area contributed by atoms with Crippen molar-refractivity contribution in [2.24, 2.45) is 0 Å². The summed E-state index contributed by atoms with van der Waals surface area (Å²) in [6.07, 6.45) is 0.870. The molecule has 1 aliphatic carbocycles. The first-order valence-electron chi connectivity index (χ1n) is 6.96. The van der Waals surface area contributed by atoms with E-state index in [1.54, 1.807) is 0 Å². The van der Waals surface area contributed by atoms with Crippen molar-refractivity contribution in [1.29, 1.82) is 0 Å². The summed E-state index contributed by atoms with van der Waals surface area (Å²) in [5.41, 5.74) is -0.364. The van der Waals surface area contributed by atoms with Crippen molar-refractivity contribution in [3.8, 4) is 5.75 Å². The molecule has 6 nitrogen and oxygen atoms in total. The fourth-order valence-corrected chi connectivity index (χ4v) is 2.37. The van der Waals surface area contributed by atoms with Crippen LogP contribution in [0.15, 0.2) is 18.2 Å². The molecule has 0 aliphatic heterocycles. The fourth-order valence-electron chi connectivity index (χ4n) is 2.37. The van der Waals surface area contributed by atoms with Crippen LogP contribution in [0.25, 0.3) is 0 Å². The molecule has 1 aliphatic rings. The van der Waals surface area contributed by atoms with E-state index in [2.05, 4.69) is 5.32 Å². The maximum atomic E-state index is 13.8. The van der Waals surface area contributed by atoms with Crippen molar-refractivity contribution in [2.45, 2.75) is 38.0 Å². The van der Waals surface area contributed by atoms with Gasteiger partial charge >= 0.3 is 5.69 Å². The van der Waals surface area contributed by atoms with Crippen LogP contribution in [-0.4, -0.2) is 36.8 Å². The molecule has 1 aromatic carbocycles. The number of hydrogen-bond acceptors (Lipinski definition) is 5. The molecule has 0 heterocycles. The minimum Gasteiger partial charge on any atom is -0.479 e. The van der Waals surface area contributed by atoms with Crippen LogP contribution >= 0.6 is 0 Å². The molecule has 116 valence electrons. The highest BCUT2D eigenvalue weighted by Crippen LogP contribution is 2.35. The van der Waals surface area contributed by atoms with Crippen LogP contribution in [0.3, 0.4) is 0 Å². The van der Waals surface area contributed by atoms with Gasteiger partial charge in [0.05, 0.1) is 4.92 Å². The average Bonchev–Trinajstić information content (AvgIpc) is 2.44. The van der Waals surface area contributed by atoms with Gasteiger partial charge in [-0.05, 0) is 19.5 Å². The van der Waals surface area contributed by atoms with E-state index in [0.717, 1.165) is 12.5 Å². The van der Waals surface area contributed by atoms with Gasteiger partial charge in [0.25, 0.3) is 0 Å². The fraction of sp³-hybridized carbons (Fsp3) is 0.571. The minimum absolute atomic E-state index is 0.118. The number of nitro benzene ring substituents is 1. The van der Waals surface area contributed by atoms with Gasteiger partial charge in [0.1, 0.15) is 12.2 Å². The molecule has 1 aromatic rings. The summed E-state index contributed by atoms with van der Waals surface area (Å²) in [7, 11) is 1.81. The van der Waals surface area contributed by atoms with E-state index in [1.165, 1.54) is 12.1 Å². The van der Waals surface area contributed by atoms with E-state index in [-0.39, 0.29) is 29.7 Å². The molecule has 0 radical (unpaired) electrons. The zero-order valence-electron chi connectivity index (χ0n) is 12.0. The molecule has 1 fully saturated rings. The molecule has 3 unspecified atom stereocenters. The summed E-state index contributed by atoms with van der Waals surface area (Å²) in [5.74, 6) is -1.04. The maximum absolute atomic E-state index is 13.8. The van der Waals surface area contributed by atoms with Crippen molar-refractivity contribution >= 4 is 5.69 Å². The zero-order valence-corrected chi connectivity index (χ0v) is 12.0. The minimum atomic E-state index is -0.730. The number of benzene rings is 1. The van der Waals surface area contributed by atoms with E-state index in [1.807, 2.05) is 14.0 Å². The second kappa shape index (κ2) is 6.82. The predicted octanol–water partition coefficient (Wildman–Crippen LogP) is 2.27. The third-order valence-electron chi connectivity index (χ3n) is 3.55. The van der Waals surface area contributed by atoms with E-state index in [9.17, 15) is 14.5 Å². The highest BCUT2D eigenvalue weighted by Gasteiger charge is 2.44. The van der Waals surface area contributed by atoms with Gasteiger partial charge in [-0.25, -0.2) is 4.39 Å².